The van der Waals surface area contributed by atoms with Gasteiger partial charge in [0.1, 0.15) is 12.6 Å². The van der Waals surface area contributed by atoms with E-state index in [0.717, 1.165) is 25.0 Å². The monoisotopic (exact) mass is 331 g/mol. The highest BCUT2D eigenvalue weighted by Crippen LogP contribution is 2.30. The number of carbonyl (C=O) groups excluding carboxylic acids is 1. The first-order valence-electron chi connectivity index (χ1n) is 8.10. The molecule has 1 aliphatic rings. The van der Waals surface area contributed by atoms with E-state index in [1.807, 2.05) is 0 Å². The van der Waals surface area contributed by atoms with Gasteiger partial charge in [0.15, 0.2) is 5.82 Å². The van der Waals surface area contributed by atoms with E-state index in [1.165, 1.54) is 4.57 Å². The second-order valence-corrected chi connectivity index (χ2v) is 6.19. The van der Waals surface area contributed by atoms with Crippen LogP contribution in [0.2, 0.25) is 0 Å². The van der Waals surface area contributed by atoms with Crippen LogP contribution in [-0.4, -0.2) is 37.0 Å². The standard InChI is InChI=1S/C16H21N5O3/c1-10-8-11(2)21(16(23)17-10)9-14(22)20-7-5-4-6-13(20)15-18-12(3)19-24-15/h8,13H,4-7,9H2,1-3H3/t13-/m1/s1. The minimum Gasteiger partial charge on any atom is -0.337 e. The number of aryl methyl sites for hydroxylation is 3. The summed E-state index contributed by atoms with van der Waals surface area (Å²) in [6.45, 7) is 5.92. The highest BCUT2D eigenvalue weighted by atomic mass is 16.5. The fraction of sp³-hybridized carbons (Fsp3) is 0.562. The highest BCUT2D eigenvalue weighted by molar-refractivity contribution is 5.76. The Balaban J connectivity index is 1.84. The average Bonchev–Trinajstić information content (AvgIpc) is 2.97. The molecule has 0 radical (unpaired) electrons. The molecule has 0 aromatic carbocycles. The Morgan fingerprint density at radius 1 is 1.29 bits per heavy atom. The molecule has 1 fully saturated rings. The Hall–Kier alpha value is -2.51. The van der Waals surface area contributed by atoms with Crippen molar-refractivity contribution >= 4 is 5.91 Å². The van der Waals surface area contributed by atoms with Gasteiger partial charge in [-0.1, -0.05) is 5.16 Å². The molecule has 1 aliphatic heterocycles. The van der Waals surface area contributed by atoms with Crippen LogP contribution in [0.4, 0.5) is 0 Å². The van der Waals surface area contributed by atoms with Crippen LogP contribution in [0.3, 0.4) is 0 Å². The molecule has 0 N–H and O–H groups in total. The normalized spacial score (nSPS) is 18.0. The Bertz CT molecular complexity index is 810. The van der Waals surface area contributed by atoms with Crippen molar-refractivity contribution in [1.29, 1.82) is 0 Å². The summed E-state index contributed by atoms with van der Waals surface area (Å²) in [4.78, 5) is 34.8. The van der Waals surface area contributed by atoms with Gasteiger partial charge in [-0.05, 0) is 46.1 Å². The smallest absolute Gasteiger partial charge is 0.337 e. The zero-order valence-corrected chi connectivity index (χ0v) is 14.2. The van der Waals surface area contributed by atoms with E-state index >= 15 is 0 Å². The summed E-state index contributed by atoms with van der Waals surface area (Å²) < 4.78 is 6.66. The first kappa shape index (κ1) is 16.4. The maximum absolute atomic E-state index is 12.8. The third-order valence-electron chi connectivity index (χ3n) is 4.29. The number of hydrogen-bond donors (Lipinski definition) is 0. The van der Waals surface area contributed by atoms with E-state index in [4.69, 9.17) is 4.52 Å². The molecule has 1 saturated heterocycles. The van der Waals surface area contributed by atoms with E-state index in [2.05, 4.69) is 15.1 Å². The molecule has 2 aromatic heterocycles. The van der Waals surface area contributed by atoms with Crippen molar-refractivity contribution in [3.05, 3.63) is 39.7 Å². The van der Waals surface area contributed by atoms with Gasteiger partial charge >= 0.3 is 5.69 Å². The van der Waals surface area contributed by atoms with Crippen LogP contribution in [0.5, 0.6) is 0 Å². The van der Waals surface area contributed by atoms with Crippen molar-refractivity contribution in [1.82, 2.24) is 24.6 Å². The zero-order valence-electron chi connectivity index (χ0n) is 14.2. The molecule has 0 unspecified atom stereocenters. The van der Waals surface area contributed by atoms with Crippen molar-refractivity contribution in [3.8, 4) is 0 Å². The van der Waals surface area contributed by atoms with Crippen molar-refractivity contribution < 1.29 is 9.32 Å². The largest absolute Gasteiger partial charge is 0.348 e. The lowest BCUT2D eigenvalue weighted by Crippen LogP contribution is -2.42. The molecular formula is C16H21N5O3. The fourth-order valence-corrected chi connectivity index (χ4v) is 3.13. The van der Waals surface area contributed by atoms with Crippen LogP contribution in [0.1, 0.15) is 48.4 Å². The summed E-state index contributed by atoms with van der Waals surface area (Å²) in [6.07, 6.45) is 2.71. The molecule has 128 valence electrons. The lowest BCUT2D eigenvalue weighted by atomic mass is 10.0. The van der Waals surface area contributed by atoms with E-state index in [0.29, 0.717) is 24.0 Å². The first-order valence-corrected chi connectivity index (χ1v) is 8.10. The van der Waals surface area contributed by atoms with Gasteiger partial charge in [-0.15, -0.1) is 0 Å². The summed E-state index contributed by atoms with van der Waals surface area (Å²) >= 11 is 0. The second-order valence-electron chi connectivity index (χ2n) is 6.19. The van der Waals surface area contributed by atoms with Crippen LogP contribution in [0, 0.1) is 20.8 Å². The van der Waals surface area contributed by atoms with Crippen molar-refractivity contribution in [2.45, 2.75) is 52.6 Å². The topological polar surface area (TPSA) is 94.1 Å². The lowest BCUT2D eigenvalue weighted by molar-refractivity contribution is -0.136. The quantitative estimate of drug-likeness (QED) is 0.841. The molecule has 24 heavy (non-hydrogen) atoms. The number of amides is 1. The summed E-state index contributed by atoms with van der Waals surface area (Å²) in [5, 5.41) is 3.82. The van der Waals surface area contributed by atoms with E-state index in [9.17, 15) is 9.59 Å². The number of carbonyl (C=O) groups is 1. The number of nitrogens with zero attached hydrogens (tertiary/aromatic N) is 5. The molecule has 0 saturated carbocycles. The summed E-state index contributed by atoms with van der Waals surface area (Å²) in [5.74, 6) is 0.885. The second kappa shape index (κ2) is 6.54. The number of piperidine rings is 1. The van der Waals surface area contributed by atoms with E-state index in [1.54, 1.807) is 31.7 Å². The predicted molar refractivity (Wildman–Crippen MR) is 85.3 cm³/mol. The molecule has 2 aromatic rings. The van der Waals surface area contributed by atoms with Gasteiger partial charge in [0.2, 0.25) is 11.8 Å². The van der Waals surface area contributed by atoms with Gasteiger partial charge in [-0.25, -0.2) is 4.79 Å². The number of rotatable bonds is 3. The Morgan fingerprint density at radius 2 is 2.08 bits per heavy atom. The molecule has 3 heterocycles. The Labute approximate surface area is 139 Å². The van der Waals surface area contributed by atoms with Crippen molar-refractivity contribution in [3.63, 3.8) is 0 Å². The number of hydrogen-bond acceptors (Lipinski definition) is 6. The maximum atomic E-state index is 12.8. The summed E-state index contributed by atoms with van der Waals surface area (Å²) in [6, 6.07) is 1.57. The van der Waals surface area contributed by atoms with Crippen molar-refractivity contribution in [2.24, 2.45) is 0 Å². The lowest BCUT2D eigenvalue weighted by Gasteiger charge is -2.33. The summed E-state index contributed by atoms with van der Waals surface area (Å²) in [7, 11) is 0. The minimum absolute atomic E-state index is 0.0262. The van der Waals surface area contributed by atoms with Crippen LogP contribution in [0.25, 0.3) is 0 Å². The van der Waals surface area contributed by atoms with Gasteiger partial charge in [0.25, 0.3) is 0 Å². The Kier molecular flexibility index (Phi) is 4.46. The molecule has 1 atom stereocenters. The fourth-order valence-electron chi connectivity index (χ4n) is 3.13. The molecule has 0 spiro atoms. The van der Waals surface area contributed by atoms with Crippen molar-refractivity contribution in [2.75, 3.05) is 6.54 Å². The number of likely N-dealkylation sites (tertiary alicyclic amines) is 1. The first-order chi connectivity index (χ1) is 11.5. The molecule has 1 amide bonds. The van der Waals surface area contributed by atoms with Crippen LogP contribution in [0.15, 0.2) is 15.4 Å². The third kappa shape index (κ3) is 3.22. The highest BCUT2D eigenvalue weighted by Gasteiger charge is 2.32. The van der Waals surface area contributed by atoms with Crippen LogP contribution in [-0.2, 0) is 11.3 Å². The van der Waals surface area contributed by atoms with Gasteiger partial charge in [0.05, 0.1) is 0 Å². The molecule has 8 nitrogen and oxygen atoms in total. The molecular weight excluding hydrogens is 310 g/mol. The molecule has 0 aliphatic carbocycles. The predicted octanol–water partition coefficient (Wildman–Crippen LogP) is 1.31. The van der Waals surface area contributed by atoms with E-state index in [-0.39, 0.29) is 18.5 Å². The van der Waals surface area contributed by atoms with E-state index < -0.39 is 5.69 Å². The van der Waals surface area contributed by atoms with Crippen LogP contribution >= 0.6 is 0 Å². The van der Waals surface area contributed by atoms with Gasteiger partial charge in [-0.3, -0.25) is 9.36 Å². The number of aromatic nitrogens is 4. The molecule has 3 rings (SSSR count). The van der Waals surface area contributed by atoms with Crippen LogP contribution < -0.4 is 5.69 Å². The third-order valence-corrected chi connectivity index (χ3v) is 4.29. The molecule has 8 heteroatoms. The van der Waals surface area contributed by atoms with Gasteiger partial charge < -0.3 is 9.42 Å². The summed E-state index contributed by atoms with van der Waals surface area (Å²) in [5.41, 5.74) is 0.976. The maximum Gasteiger partial charge on any atom is 0.348 e. The average molecular weight is 331 g/mol. The SMILES string of the molecule is Cc1cc(C)n(CC(=O)N2CCCC[C@@H]2c2nc(C)no2)c(=O)n1. The Morgan fingerprint density at radius 3 is 2.75 bits per heavy atom. The zero-order chi connectivity index (χ0) is 17.3. The molecule has 0 bridgehead atoms. The van der Waals surface area contributed by atoms with Gasteiger partial charge in [0, 0.05) is 17.9 Å². The minimum atomic E-state index is -0.400. The van der Waals surface area contributed by atoms with Gasteiger partial charge in [-0.2, -0.15) is 9.97 Å².